The summed E-state index contributed by atoms with van der Waals surface area (Å²) in [6.07, 6.45) is 0.378. The molecule has 80 valence electrons. The largest absolute Gasteiger partial charge is 0.379 e. The molecule has 1 atom stereocenters. The van der Waals surface area contributed by atoms with Crippen molar-refractivity contribution in [2.75, 3.05) is 10.6 Å². The molecule has 1 heterocycles. The van der Waals surface area contributed by atoms with E-state index in [1.807, 2.05) is 6.92 Å². The monoisotopic (exact) mass is 272 g/mol. The average Bonchev–Trinajstić information content (AvgIpc) is 2.22. The van der Waals surface area contributed by atoms with Crippen LogP contribution in [-0.2, 0) is 4.79 Å². The summed E-state index contributed by atoms with van der Waals surface area (Å²) in [5, 5.41) is 5.81. The van der Waals surface area contributed by atoms with E-state index in [0.29, 0.717) is 16.6 Å². The normalized spacial score (nSPS) is 19.9. The van der Waals surface area contributed by atoms with Crippen LogP contribution < -0.4 is 10.6 Å². The van der Waals surface area contributed by atoms with Crippen molar-refractivity contribution in [2.24, 2.45) is 0 Å². The number of benzene rings is 1. The summed E-state index contributed by atoms with van der Waals surface area (Å²) in [5.41, 5.74) is 1.21. The first-order chi connectivity index (χ1) is 7.06. The molecule has 0 aromatic heterocycles. The van der Waals surface area contributed by atoms with Gasteiger partial charge in [0.05, 0.1) is 11.4 Å². The summed E-state index contributed by atoms with van der Waals surface area (Å²) in [5.74, 6) is -0.483. The zero-order valence-electron chi connectivity index (χ0n) is 8.10. The van der Waals surface area contributed by atoms with Gasteiger partial charge in [-0.2, -0.15) is 0 Å². The van der Waals surface area contributed by atoms with Gasteiger partial charge in [0.15, 0.2) is 0 Å². The van der Waals surface area contributed by atoms with Gasteiger partial charge in [-0.05, 0) is 35.0 Å². The fourth-order valence-corrected chi connectivity index (χ4v) is 2.14. The highest BCUT2D eigenvalue weighted by atomic mass is 79.9. The third-order valence-electron chi connectivity index (χ3n) is 2.21. The Morgan fingerprint density at radius 3 is 3.00 bits per heavy atom. The zero-order chi connectivity index (χ0) is 11.0. The molecular formula is C10H10BrFN2O. The second kappa shape index (κ2) is 3.81. The lowest BCUT2D eigenvalue weighted by molar-refractivity contribution is -0.116. The first kappa shape index (κ1) is 10.4. The zero-order valence-corrected chi connectivity index (χ0v) is 9.69. The van der Waals surface area contributed by atoms with E-state index in [1.165, 1.54) is 12.1 Å². The van der Waals surface area contributed by atoms with Gasteiger partial charge in [-0.25, -0.2) is 4.39 Å². The van der Waals surface area contributed by atoms with E-state index in [4.69, 9.17) is 0 Å². The summed E-state index contributed by atoms with van der Waals surface area (Å²) in [7, 11) is 0. The summed E-state index contributed by atoms with van der Waals surface area (Å²) in [6.45, 7) is 1.91. The van der Waals surface area contributed by atoms with Crippen molar-refractivity contribution in [1.82, 2.24) is 0 Å². The van der Waals surface area contributed by atoms with E-state index in [0.717, 1.165) is 5.69 Å². The molecule has 2 rings (SSSR count). The van der Waals surface area contributed by atoms with Crippen LogP contribution in [-0.4, -0.2) is 11.9 Å². The Kier molecular flexibility index (Phi) is 2.65. The fourth-order valence-electron chi connectivity index (χ4n) is 1.60. The second-order valence-corrected chi connectivity index (χ2v) is 4.46. The van der Waals surface area contributed by atoms with E-state index in [1.54, 1.807) is 0 Å². The van der Waals surface area contributed by atoms with Crippen LogP contribution in [0.15, 0.2) is 16.6 Å². The molecule has 0 saturated carbocycles. The van der Waals surface area contributed by atoms with Gasteiger partial charge < -0.3 is 10.6 Å². The lowest BCUT2D eigenvalue weighted by Gasteiger charge is -2.13. The number of anilines is 2. The first-order valence-electron chi connectivity index (χ1n) is 4.61. The van der Waals surface area contributed by atoms with E-state index >= 15 is 0 Å². The molecule has 1 amide bonds. The lowest BCUT2D eigenvalue weighted by Crippen LogP contribution is -2.18. The van der Waals surface area contributed by atoms with Crippen LogP contribution in [0.3, 0.4) is 0 Å². The molecular weight excluding hydrogens is 263 g/mol. The quantitative estimate of drug-likeness (QED) is 0.763. The minimum Gasteiger partial charge on any atom is -0.379 e. The molecule has 15 heavy (non-hydrogen) atoms. The molecule has 0 unspecified atom stereocenters. The number of hydrogen-bond acceptors (Lipinski definition) is 2. The topological polar surface area (TPSA) is 41.1 Å². The molecule has 0 saturated heterocycles. The Morgan fingerprint density at radius 1 is 1.53 bits per heavy atom. The predicted octanol–water partition coefficient (Wildman–Crippen LogP) is 2.73. The molecule has 0 aliphatic carbocycles. The van der Waals surface area contributed by atoms with Gasteiger partial charge in [0.2, 0.25) is 5.91 Å². The van der Waals surface area contributed by atoms with E-state index in [2.05, 4.69) is 26.6 Å². The van der Waals surface area contributed by atoms with Crippen molar-refractivity contribution >= 4 is 33.2 Å². The van der Waals surface area contributed by atoms with E-state index < -0.39 is 0 Å². The average molecular weight is 273 g/mol. The molecule has 3 nitrogen and oxygen atoms in total. The van der Waals surface area contributed by atoms with Gasteiger partial charge in [0, 0.05) is 16.9 Å². The van der Waals surface area contributed by atoms with Crippen molar-refractivity contribution in [3.05, 3.63) is 22.4 Å². The molecule has 5 heteroatoms. The van der Waals surface area contributed by atoms with Crippen LogP contribution in [0, 0.1) is 5.82 Å². The third-order valence-corrected chi connectivity index (χ3v) is 2.84. The van der Waals surface area contributed by atoms with Crippen molar-refractivity contribution in [1.29, 1.82) is 0 Å². The number of rotatable bonds is 0. The molecule has 2 N–H and O–H groups in total. The molecule has 1 aromatic rings. The maximum Gasteiger partial charge on any atom is 0.226 e. The Bertz CT molecular complexity index is 422. The number of fused-ring (bicyclic) bond motifs is 1. The highest BCUT2D eigenvalue weighted by molar-refractivity contribution is 9.10. The van der Waals surface area contributed by atoms with Gasteiger partial charge in [-0.15, -0.1) is 0 Å². The van der Waals surface area contributed by atoms with Gasteiger partial charge in [0.1, 0.15) is 5.82 Å². The van der Waals surface area contributed by atoms with Crippen LogP contribution in [0.4, 0.5) is 15.8 Å². The molecule has 0 bridgehead atoms. The predicted molar refractivity (Wildman–Crippen MR) is 60.4 cm³/mol. The summed E-state index contributed by atoms with van der Waals surface area (Å²) in [6, 6.07) is 2.71. The number of amides is 1. The summed E-state index contributed by atoms with van der Waals surface area (Å²) in [4.78, 5) is 11.4. The van der Waals surface area contributed by atoms with Gasteiger partial charge in [-0.1, -0.05) is 0 Å². The van der Waals surface area contributed by atoms with Gasteiger partial charge in [0.25, 0.3) is 0 Å². The molecule has 1 aliphatic heterocycles. The lowest BCUT2D eigenvalue weighted by atomic mass is 10.2. The number of hydrogen-bond donors (Lipinski definition) is 2. The van der Waals surface area contributed by atoms with Crippen molar-refractivity contribution in [3.63, 3.8) is 0 Å². The van der Waals surface area contributed by atoms with E-state index in [9.17, 15) is 9.18 Å². The van der Waals surface area contributed by atoms with Gasteiger partial charge >= 0.3 is 0 Å². The first-order valence-corrected chi connectivity index (χ1v) is 5.41. The SMILES string of the molecule is C[C@@H]1CC(=O)Nc2cc(F)cc(Br)c2N1. The standard InChI is InChI=1S/C10H10BrFN2O/c1-5-2-9(15)14-8-4-6(12)3-7(11)10(8)13-5/h3-5,13H,2H2,1H3,(H,14,15)/t5-/m1/s1. The maximum absolute atomic E-state index is 13.1. The van der Waals surface area contributed by atoms with Crippen molar-refractivity contribution in [2.45, 2.75) is 19.4 Å². The minimum absolute atomic E-state index is 0.0352. The fraction of sp³-hybridized carbons (Fsp3) is 0.300. The number of carbonyl (C=O) groups is 1. The summed E-state index contributed by atoms with van der Waals surface area (Å²) < 4.78 is 13.7. The smallest absolute Gasteiger partial charge is 0.226 e. The van der Waals surface area contributed by atoms with Crippen LogP contribution in [0.1, 0.15) is 13.3 Å². The molecule has 0 fully saturated rings. The molecule has 1 aliphatic rings. The highest BCUT2D eigenvalue weighted by Crippen LogP contribution is 2.34. The highest BCUT2D eigenvalue weighted by Gasteiger charge is 2.19. The van der Waals surface area contributed by atoms with Crippen molar-refractivity contribution in [3.8, 4) is 0 Å². The Hall–Kier alpha value is -1.10. The van der Waals surface area contributed by atoms with Crippen LogP contribution in [0.25, 0.3) is 0 Å². The van der Waals surface area contributed by atoms with Crippen LogP contribution in [0.2, 0.25) is 0 Å². The number of carbonyl (C=O) groups excluding carboxylic acids is 1. The number of nitrogens with one attached hydrogen (secondary N) is 2. The Labute approximate surface area is 95.2 Å². The Morgan fingerprint density at radius 2 is 2.27 bits per heavy atom. The molecule has 0 spiro atoms. The minimum atomic E-state index is -0.378. The molecule has 1 aromatic carbocycles. The second-order valence-electron chi connectivity index (χ2n) is 3.61. The third kappa shape index (κ3) is 2.12. The van der Waals surface area contributed by atoms with Gasteiger partial charge in [-0.3, -0.25) is 4.79 Å². The Balaban J connectivity index is 2.50. The van der Waals surface area contributed by atoms with Crippen LogP contribution in [0.5, 0.6) is 0 Å². The number of halogens is 2. The summed E-state index contributed by atoms with van der Waals surface area (Å²) >= 11 is 3.26. The van der Waals surface area contributed by atoms with Crippen LogP contribution >= 0.6 is 15.9 Å². The molecule has 0 radical (unpaired) electrons. The van der Waals surface area contributed by atoms with Crippen molar-refractivity contribution < 1.29 is 9.18 Å². The van der Waals surface area contributed by atoms with E-state index in [-0.39, 0.29) is 17.8 Å². The maximum atomic E-state index is 13.1.